The van der Waals surface area contributed by atoms with Crippen LogP contribution in [0.3, 0.4) is 0 Å². The molecule has 1 N–H and O–H groups in total. The fourth-order valence-electron chi connectivity index (χ4n) is 2.73. The Morgan fingerprint density at radius 2 is 1.88 bits per heavy atom. The molecule has 2 rings (SSSR count). The van der Waals surface area contributed by atoms with Crippen molar-refractivity contribution in [2.75, 3.05) is 13.2 Å². The van der Waals surface area contributed by atoms with Crippen LogP contribution in [0.25, 0.3) is 0 Å². The number of benzene rings is 1. The molecule has 1 fully saturated rings. The molecule has 1 aromatic rings. The third kappa shape index (κ3) is 5.87. The molecule has 2 atom stereocenters. The Bertz CT molecular complexity index is 589. The van der Waals surface area contributed by atoms with Gasteiger partial charge < -0.3 is 14.6 Å². The van der Waals surface area contributed by atoms with Crippen LogP contribution in [0, 0.1) is 0 Å². The molecular formula is C19H28ClNO4. The number of hydrogen-bond donors (Lipinski definition) is 1. The second-order valence-corrected chi connectivity index (χ2v) is 8.53. The van der Waals surface area contributed by atoms with E-state index in [1.165, 1.54) is 0 Å². The molecule has 1 heterocycles. The zero-order valence-corrected chi connectivity index (χ0v) is 16.3. The van der Waals surface area contributed by atoms with Gasteiger partial charge in [-0.05, 0) is 58.7 Å². The van der Waals surface area contributed by atoms with E-state index in [-0.39, 0.29) is 18.7 Å². The van der Waals surface area contributed by atoms with Crippen molar-refractivity contribution >= 4 is 17.7 Å². The summed E-state index contributed by atoms with van der Waals surface area (Å²) in [7, 11) is 0. The Hall–Kier alpha value is -1.30. The Kier molecular flexibility index (Phi) is 6.02. The topological polar surface area (TPSA) is 59.0 Å². The van der Waals surface area contributed by atoms with Crippen molar-refractivity contribution in [3.8, 4) is 0 Å². The van der Waals surface area contributed by atoms with Gasteiger partial charge in [-0.15, -0.1) is 0 Å². The minimum Gasteiger partial charge on any atom is -0.444 e. The van der Waals surface area contributed by atoms with Crippen molar-refractivity contribution in [2.24, 2.45) is 0 Å². The minimum absolute atomic E-state index is 0.158. The smallest absolute Gasteiger partial charge is 0.410 e. The average Bonchev–Trinajstić information content (AvgIpc) is 2.47. The Labute approximate surface area is 154 Å². The zero-order valence-electron chi connectivity index (χ0n) is 15.6. The predicted molar refractivity (Wildman–Crippen MR) is 97.9 cm³/mol. The number of amides is 1. The molecule has 1 saturated heterocycles. The van der Waals surface area contributed by atoms with Crippen LogP contribution in [-0.4, -0.2) is 52.6 Å². The highest BCUT2D eigenvalue weighted by Gasteiger charge is 2.40. The van der Waals surface area contributed by atoms with Gasteiger partial charge in [0.05, 0.1) is 24.8 Å². The average molecular weight is 370 g/mol. The van der Waals surface area contributed by atoms with Crippen LogP contribution < -0.4 is 0 Å². The van der Waals surface area contributed by atoms with Crippen LogP contribution in [0.2, 0.25) is 5.02 Å². The quantitative estimate of drug-likeness (QED) is 0.883. The summed E-state index contributed by atoms with van der Waals surface area (Å²) in [5.41, 5.74) is -0.552. The van der Waals surface area contributed by atoms with E-state index in [1.807, 2.05) is 45.0 Å². The summed E-state index contributed by atoms with van der Waals surface area (Å²) in [4.78, 5) is 14.4. The summed E-state index contributed by atoms with van der Waals surface area (Å²) in [5.74, 6) is 0. The van der Waals surface area contributed by atoms with Crippen LogP contribution >= 0.6 is 11.6 Å². The molecule has 1 aliphatic heterocycles. The molecule has 6 heteroatoms. The van der Waals surface area contributed by atoms with Gasteiger partial charge in [-0.25, -0.2) is 4.79 Å². The van der Waals surface area contributed by atoms with E-state index in [2.05, 4.69) is 0 Å². The van der Waals surface area contributed by atoms with E-state index in [0.29, 0.717) is 18.1 Å². The number of morpholine rings is 1. The van der Waals surface area contributed by atoms with Gasteiger partial charge in [-0.3, -0.25) is 4.90 Å². The Morgan fingerprint density at radius 1 is 1.28 bits per heavy atom. The van der Waals surface area contributed by atoms with Gasteiger partial charge in [0, 0.05) is 5.02 Å². The predicted octanol–water partition coefficient (Wildman–Crippen LogP) is 3.66. The maximum Gasteiger partial charge on any atom is 0.410 e. The Balaban J connectivity index is 2.17. The number of nitrogens with zero attached hydrogens (tertiary/aromatic N) is 1. The van der Waals surface area contributed by atoms with Crippen molar-refractivity contribution < 1.29 is 19.4 Å². The largest absolute Gasteiger partial charge is 0.444 e. The van der Waals surface area contributed by atoms with Crippen LogP contribution in [0.5, 0.6) is 0 Å². The summed E-state index contributed by atoms with van der Waals surface area (Å²) < 4.78 is 11.4. The molecule has 0 aliphatic carbocycles. The molecule has 1 aliphatic rings. The number of halogens is 1. The van der Waals surface area contributed by atoms with Crippen molar-refractivity contribution in [1.82, 2.24) is 4.90 Å². The van der Waals surface area contributed by atoms with Gasteiger partial charge in [0.25, 0.3) is 0 Å². The highest BCUT2D eigenvalue weighted by Crippen LogP contribution is 2.25. The maximum atomic E-state index is 12.7. The molecule has 1 amide bonds. The normalized spacial score (nSPS) is 22.0. The number of carbonyl (C=O) groups excluding carboxylic acids is 1. The highest BCUT2D eigenvalue weighted by molar-refractivity contribution is 6.30. The maximum absolute atomic E-state index is 12.7. The van der Waals surface area contributed by atoms with Crippen LogP contribution in [0.15, 0.2) is 24.3 Å². The third-order valence-corrected chi connectivity index (χ3v) is 4.35. The van der Waals surface area contributed by atoms with Gasteiger partial charge in [-0.2, -0.15) is 0 Å². The lowest BCUT2D eigenvalue weighted by Gasteiger charge is -2.43. The summed E-state index contributed by atoms with van der Waals surface area (Å²) in [6, 6.07) is 7.39. The summed E-state index contributed by atoms with van der Waals surface area (Å²) >= 11 is 5.94. The van der Waals surface area contributed by atoms with Gasteiger partial charge >= 0.3 is 6.09 Å². The molecule has 140 valence electrons. The molecule has 1 unspecified atom stereocenters. The van der Waals surface area contributed by atoms with Gasteiger partial charge in [0.2, 0.25) is 0 Å². The highest BCUT2D eigenvalue weighted by atomic mass is 35.5. The van der Waals surface area contributed by atoms with Crippen molar-refractivity contribution in [3.63, 3.8) is 0 Å². The molecule has 5 nitrogen and oxygen atoms in total. The zero-order chi connectivity index (χ0) is 18.8. The lowest BCUT2D eigenvalue weighted by Crippen LogP contribution is -2.59. The minimum atomic E-state index is -1.04. The summed E-state index contributed by atoms with van der Waals surface area (Å²) in [6.07, 6.45) is -0.208. The monoisotopic (exact) mass is 369 g/mol. The van der Waals surface area contributed by atoms with Crippen LogP contribution in [-0.2, 0) is 15.9 Å². The first kappa shape index (κ1) is 20.0. The first-order valence-corrected chi connectivity index (χ1v) is 8.91. The second-order valence-electron chi connectivity index (χ2n) is 8.09. The Morgan fingerprint density at radius 3 is 2.40 bits per heavy atom. The fourth-order valence-corrected chi connectivity index (χ4v) is 2.86. The SMILES string of the molecule is CC(C)(C)OC(=O)N1C[C@H](C(C)(C)O)OCC1Cc1ccc(Cl)cc1. The van der Waals surface area contributed by atoms with Gasteiger partial charge in [0.15, 0.2) is 0 Å². The molecule has 0 bridgehead atoms. The van der Waals surface area contributed by atoms with Gasteiger partial charge in [-0.1, -0.05) is 23.7 Å². The van der Waals surface area contributed by atoms with Gasteiger partial charge in [0.1, 0.15) is 11.7 Å². The van der Waals surface area contributed by atoms with E-state index >= 15 is 0 Å². The van der Waals surface area contributed by atoms with E-state index < -0.39 is 17.3 Å². The van der Waals surface area contributed by atoms with E-state index in [9.17, 15) is 9.90 Å². The molecule has 0 saturated carbocycles. The molecule has 0 radical (unpaired) electrons. The first-order valence-electron chi connectivity index (χ1n) is 8.54. The standard InChI is InChI=1S/C19H28ClNO4/c1-18(2,3)25-17(22)21-11-16(19(4,5)23)24-12-15(21)10-13-6-8-14(20)9-7-13/h6-9,15-16,23H,10-12H2,1-5H3/t15?,16-/m1/s1. The van der Waals surface area contributed by atoms with Crippen LogP contribution in [0.1, 0.15) is 40.2 Å². The summed E-state index contributed by atoms with van der Waals surface area (Å²) in [5, 5.41) is 10.9. The molecular weight excluding hydrogens is 342 g/mol. The van der Waals surface area contributed by atoms with E-state index in [1.54, 1.807) is 18.7 Å². The molecule has 25 heavy (non-hydrogen) atoms. The number of hydrogen-bond acceptors (Lipinski definition) is 4. The number of rotatable bonds is 3. The van der Waals surface area contributed by atoms with Crippen molar-refractivity contribution in [1.29, 1.82) is 0 Å². The van der Waals surface area contributed by atoms with Crippen LogP contribution in [0.4, 0.5) is 4.79 Å². The molecule has 0 spiro atoms. The lowest BCUT2D eigenvalue weighted by atomic mass is 9.97. The molecule has 1 aromatic carbocycles. The van der Waals surface area contributed by atoms with Crippen molar-refractivity contribution in [2.45, 2.75) is 64.4 Å². The lowest BCUT2D eigenvalue weighted by molar-refractivity contribution is -0.141. The number of ether oxygens (including phenoxy) is 2. The van der Waals surface area contributed by atoms with Crippen molar-refractivity contribution in [3.05, 3.63) is 34.9 Å². The van der Waals surface area contributed by atoms with E-state index in [4.69, 9.17) is 21.1 Å². The molecule has 0 aromatic heterocycles. The number of carbonyl (C=O) groups is 1. The fraction of sp³-hybridized carbons (Fsp3) is 0.632. The third-order valence-electron chi connectivity index (χ3n) is 4.09. The summed E-state index contributed by atoms with van der Waals surface area (Å²) in [6.45, 7) is 9.52. The van der Waals surface area contributed by atoms with E-state index in [0.717, 1.165) is 5.56 Å². The number of aliphatic hydroxyl groups is 1. The first-order chi connectivity index (χ1) is 11.5. The second kappa shape index (κ2) is 7.52.